The van der Waals surface area contributed by atoms with Crippen molar-refractivity contribution in [3.8, 4) is 6.07 Å². The van der Waals surface area contributed by atoms with Crippen LogP contribution in [0.2, 0.25) is 0 Å². The molecule has 2 radical (unpaired) electrons. The minimum atomic E-state index is -3.41. The van der Waals surface area contributed by atoms with Crippen molar-refractivity contribution in [1.29, 1.82) is 5.26 Å². The Bertz CT molecular complexity index is 689. The molecule has 2 rings (SSSR count). The molecule has 0 aromatic carbocycles. The molecule has 0 saturated carbocycles. The molecule has 2 bridgehead atoms. The summed E-state index contributed by atoms with van der Waals surface area (Å²) in [5.74, 6) is 1.38. The van der Waals surface area contributed by atoms with E-state index < -0.39 is 39.9 Å². The van der Waals surface area contributed by atoms with Gasteiger partial charge in [0.15, 0.2) is 0 Å². The molecular formula is C19H33BN2O7P2. The number of hydrogen-bond acceptors (Lipinski definition) is 9. The maximum absolute atomic E-state index is 12.6. The fraction of sp³-hybridized carbons (Fsp3) is 0.842. The second-order valence-electron chi connectivity index (χ2n) is 7.92. The smallest absolute Gasteiger partial charge is 0.353 e. The monoisotopic (exact) mass is 474 g/mol. The van der Waals surface area contributed by atoms with Crippen molar-refractivity contribution < 1.29 is 32.1 Å². The second kappa shape index (κ2) is 11.7. The largest absolute Gasteiger partial charge is 0.373 e. The van der Waals surface area contributed by atoms with Crippen LogP contribution >= 0.6 is 16.1 Å². The normalized spacial score (nSPS) is 29.9. The molecule has 2 aliphatic rings. The molecule has 0 aromatic heterocycles. The highest BCUT2D eigenvalue weighted by Gasteiger charge is 2.57. The van der Waals surface area contributed by atoms with Gasteiger partial charge in [-0.25, -0.2) is 4.67 Å². The molecule has 2 saturated heterocycles. The molecule has 31 heavy (non-hydrogen) atoms. The molecule has 2 unspecified atom stereocenters. The number of ether oxygens (including phenoxy) is 2. The molecule has 9 nitrogen and oxygen atoms in total. The van der Waals surface area contributed by atoms with E-state index >= 15 is 0 Å². The molecule has 0 aliphatic carbocycles. The Labute approximate surface area is 188 Å². The molecule has 0 aromatic rings. The molecular weight excluding hydrogens is 441 g/mol. The van der Waals surface area contributed by atoms with Gasteiger partial charge in [-0.3, -0.25) is 4.57 Å². The summed E-state index contributed by atoms with van der Waals surface area (Å²) in [4.78, 5) is 0. The Kier molecular flexibility index (Phi) is 10.2. The highest BCUT2D eigenvalue weighted by Crippen LogP contribution is 2.55. The van der Waals surface area contributed by atoms with Crippen molar-refractivity contribution in [2.75, 3.05) is 27.4 Å². The first-order valence-electron chi connectivity index (χ1n) is 10.3. The van der Waals surface area contributed by atoms with E-state index in [2.05, 4.69) is 38.4 Å². The van der Waals surface area contributed by atoms with Crippen LogP contribution in [0.5, 0.6) is 0 Å². The predicted molar refractivity (Wildman–Crippen MR) is 119 cm³/mol. The molecule has 0 amide bonds. The van der Waals surface area contributed by atoms with Crippen LogP contribution in [0, 0.1) is 11.3 Å². The number of fused-ring (bicyclic) bond motifs is 2. The third-order valence-electron chi connectivity index (χ3n) is 5.18. The fourth-order valence-electron chi connectivity index (χ4n) is 3.75. The van der Waals surface area contributed by atoms with Gasteiger partial charge < -0.3 is 27.6 Å². The van der Waals surface area contributed by atoms with Gasteiger partial charge in [0.2, 0.25) is 0 Å². The lowest BCUT2D eigenvalue weighted by atomic mass is 9.85. The summed E-state index contributed by atoms with van der Waals surface area (Å²) < 4.78 is 49.3. The van der Waals surface area contributed by atoms with Gasteiger partial charge in [0, 0.05) is 44.5 Å². The SMILES string of the molecule is [B][C@@H]1O[C@@]2(/C=C/P(=O)(OC)OC)CCO[C@@H]1C2OP(OCCC#N)N(C(C)C)C(C)C. The molecule has 2 aliphatic heterocycles. The van der Waals surface area contributed by atoms with Gasteiger partial charge in [0.05, 0.1) is 25.7 Å². The van der Waals surface area contributed by atoms with Gasteiger partial charge in [0.25, 0.3) is 8.53 Å². The summed E-state index contributed by atoms with van der Waals surface area (Å²) in [6.07, 6.45) is 1.25. The van der Waals surface area contributed by atoms with Crippen LogP contribution in [0.3, 0.4) is 0 Å². The Morgan fingerprint density at radius 2 is 1.97 bits per heavy atom. The lowest BCUT2D eigenvalue weighted by molar-refractivity contribution is -0.0856. The molecule has 2 heterocycles. The number of nitrogens with zero attached hydrogens (tertiary/aromatic N) is 2. The average Bonchev–Trinajstić information content (AvgIpc) is 2.86. The maximum Gasteiger partial charge on any atom is 0.353 e. The summed E-state index contributed by atoms with van der Waals surface area (Å²) in [7, 11) is 3.89. The first-order chi connectivity index (χ1) is 14.6. The van der Waals surface area contributed by atoms with Gasteiger partial charge in [-0.1, -0.05) is 0 Å². The standard InChI is InChI=1S/C19H33BN2O7P2/c1-14(2)22(15(3)4)30(27-11-7-10-21)29-17-16-18(20)28-19(17,8-12-26-16)9-13-31(23,24-5)25-6/h9,13-18H,7-8,11-12H2,1-6H3/b13-9+/t16-,17?,18-,19-,30?/m1/s1. The zero-order valence-electron chi connectivity index (χ0n) is 19.1. The fourth-order valence-corrected chi connectivity index (χ4v) is 6.37. The predicted octanol–water partition coefficient (Wildman–Crippen LogP) is 3.70. The molecule has 2 fully saturated rings. The van der Waals surface area contributed by atoms with Gasteiger partial charge >= 0.3 is 7.60 Å². The van der Waals surface area contributed by atoms with Crippen LogP contribution in [0.4, 0.5) is 0 Å². The van der Waals surface area contributed by atoms with E-state index in [0.29, 0.717) is 13.0 Å². The van der Waals surface area contributed by atoms with E-state index in [-0.39, 0.29) is 25.1 Å². The van der Waals surface area contributed by atoms with Crippen LogP contribution in [-0.4, -0.2) is 75.8 Å². The first-order valence-corrected chi connectivity index (χ1v) is 13.1. The van der Waals surface area contributed by atoms with E-state index in [4.69, 9.17) is 40.7 Å². The topological polar surface area (TPSA) is 99.5 Å². The molecule has 0 spiro atoms. The van der Waals surface area contributed by atoms with Gasteiger partial charge in [-0.2, -0.15) is 5.26 Å². The summed E-state index contributed by atoms with van der Waals surface area (Å²) in [6, 6.07) is 1.65. The Balaban J connectivity index is 2.36. The minimum absolute atomic E-state index is 0.138. The summed E-state index contributed by atoms with van der Waals surface area (Å²) >= 11 is 0. The third-order valence-corrected chi connectivity index (χ3v) is 8.82. The van der Waals surface area contributed by atoms with Crippen molar-refractivity contribution in [2.45, 2.75) is 76.4 Å². The Hall–Kier alpha value is -0.325. The van der Waals surface area contributed by atoms with E-state index in [9.17, 15) is 4.57 Å². The van der Waals surface area contributed by atoms with Gasteiger partial charge in [-0.05, 0) is 33.8 Å². The number of hydrogen-bond donors (Lipinski definition) is 0. The van der Waals surface area contributed by atoms with Crippen molar-refractivity contribution in [2.24, 2.45) is 0 Å². The number of nitriles is 1. The van der Waals surface area contributed by atoms with E-state index in [1.807, 2.05) is 0 Å². The van der Waals surface area contributed by atoms with Crippen LogP contribution in [-0.2, 0) is 32.1 Å². The zero-order valence-corrected chi connectivity index (χ0v) is 20.9. The van der Waals surface area contributed by atoms with Crippen molar-refractivity contribution in [1.82, 2.24) is 4.67 Å². The maximum atomic E-state index is 12.6. The molecule has 5 atom stereocenters. The molecule has 0 N–H and O–H groups in total. The van der Waals surface area contributed by atoms with E-state index in [0.717, 1.165) is 0 Å². The molecule has 12 heteroatoms. The van der Waals surface area contributed by atoms with Crippen molar-refractivity contribution >= 4 is 24.0 Å². The minimum Gasteiger partial charge on any atom is -0.373 e. The van der Waals surface area contributed by atoms with Gasteiger partial charge in [-0.15, -0.1) is 0 Å². The van der Waals surface area contributed by atoms with Crippen molar-refractivity contribution in [3.05, 3.63) is 11.9 Å². The van der Waals surface area contributed by atoms with E-state index in [1.165, 1.54) is 20.0 Å². The highest BCUT2D eigenvalue weighted by molar-refractivity contribution is 7.57. The summed E-state index contributed by atoms with van der Waals surface area (Å²) in [6.45, 7) is 8.90. The highest BCUT2D eigenvalue weighted by atomic mass is 31.2. The van der Waals surface area contributed by atoms with Crippen molar-refractivity contribution in [3.63, 3.8) is 0 Å². The Morgan fingerprint density at radius 3 is 2.52 bits per heavy atom. The van der Waals surface area contributed by atoms with Crippen LogP contribution in [0.25, 0.3) is 0 Å². The van der Waals surface area contributed by atoms with Gasteiger partial charge in [0.1, 0.15) is 25.7 Å². The Morgan fingerprint density at radius 1 is 1.32 bits per heavy atom. The third kappa shape index (κ3) is 6.38. The quantitative estimate of drug-likeness (QED) is 0.238. The lowest BCUT2D eigenvalue weighted by Gasteiger charge is -2.42. The lowest BCUT2D eigenvalue weighted by Crippen LogP contribution is -2.50. The van der Waals surface area contributed by atoms with Crippen LogP contribution in [0.1, 0.15) is 40.5 Å². The van der Waals surface area contributed by atoms with Crippen LogP contribution in [0.15, 0.2) is 11.9 Å². The summed E-state index contributed by atoms with van der Waals surface area (Å²) in [5, 5.41) is 8.93. The van der Waals surface area contributed by atoms with Crippen LogP contribution < -0.4 is 0 Å². The molecule has 174 valence electrons. The summed E-state index contributed by atoms with van der Waals surface area (Å²) in [5.41, 5.74) is -0.964. The average molecular weight is 474 g/mol. The van der Waals surface area contributed by atoms with E-state index in [1.54, 1.807) is 6.08 Å². The second-order valence-corrected chi connectivity index (χ2v) is 11.4. The first kappa shape index (κ1) is 26.9. The zero-order chi connectivity index (χ0) is 23.2. The number of rotatable bonds is 12.